The lowest BCUT2D eigenvalue weighted by Gasteiger charge is -2.39. The number of halogens is 1. The van der Waals surface area contributed by atoms with Gasteiger partial charge in [0.1, 0.15) is 5.75 Å². The third kappa shape index (κ3) is 4.82. The van der Waals surface area contributed by atoms with Crippen molar-refractivity contribution in [2.45, 2.75) is 32.0 Å². The summed E-state index contributed by atoms with van der Waals surface area (Å²) in [5.74, 6) is 0.436. The minimum atomic E-state index is -3.60. The van der Waals surface area contributed by atoms with Gasteiger partial charge in [0, 0.05) is 11.2 Å². The Bertz CT molecular complexity index is 694. The summed E-state index contributed by atoms with van der Waals surface area (Å²) < 4.78 is 29.1. The zero-order chi connectivity index (χ0) is 17.0. The van der Waals surface area contributed by atoms with Gasteiger partial charge in [-0.15, -0.1) is 0 Å². The van der Waals surface area contributed by atoms with Gasteiger partial charge in [0.2, 0.25) is 0 Å². The molecule has 1 saturated heterocycles. The van der Waals surface area contributed by atoms with Gasteiger partial charge in [-0.05, 0) is 31.0 Å². The van der Waals surface area contributed by atoms with E-state index < -0.39 is 19.2 Å². The second-order valence-electron chi connectivity index (χ2n) is 5.52. The van der Waals surface area contributed by atoms with E-state index in [9.17, 15) is 4.57 Å². The zero-order valence-corrected chi connectivity index (χ0v) is 14.8. The van der Waals surface area contributed by atoms with E-state index in [1.54, 1.807) is 31.2 Å². The van der Waals surface area contributed by atoms with Crippen molar-refractivity contribution < 1.29 is 18.6 Å². The molecule has 7 heteroatoms. The molecule has 1 aliphatic rings. The summed E-state index contributed by atoms with van der Waals surface area (Å²) in [5, 5.41) is 2.86. The highest BCUT2D eigenvalue weighted by Gasteiger charge is 2.39. The van der Waals surface area contributed by atoms with Gasteiger partial charge in [-0.3, -0.25) is 0 Å². The number of rotatable bonds is 7. The van der Waals surface area contributed by atoms with Gasteiger partial charge in [0.25, 0.3) is 0 Å². The van der Waals surface area contributed by atoms with E-state index in [0.29, 0.717) is 12.2 Å². The molecule has 0 amide bonds. The normalized spacial score (nSPS) is 23.8. The molecule has 1 fully saturated rings. The van der Waals surface area contributed by atoms with Gasteiger partial charge in [0.15, 0.2) is 12.6 Å². The molecule has 0 aromatic heterocycles. The smallest absolute Gasteiger partial charge is 0.409 e. The predicted octanol–water partition coefficient (Wildman–Crippen LogP) is 4.33. The minimum Gasteiger partial charge on any atom is -0.422 e. The Morgan fingerprint density at radius 3 is 2.29 bits per heavy atom. The van der Waals surface area contributed by atoms with Gasteiger partial charge in [0.05, 0.1) is 6.04 Å². The zero-order valence-electron chi connectivity index (χ0n) is 13.2. The quantitative estimate of drug-likeness (QED) is 0.738. The van der Waals surface area contributed by atoms with E-state index in [1.807, 2.05) is 36.4 Å². The number of benzene rings is 2. The van der Waals surface area contributed by atoms with E-state index in [4.69, 9.17) is 25.2 Å². The molecule has 2 aromatic rings. The molecule has 0 saturated carbocycles. The Labute approximate surface area is 146 Å². The first-order chi connectivity index (χ1) is 11.5. The molecule has 5 nitrogen and oxygen atoms in total. The highest BCUT2D eigenvalue weighted by molar-refractivity contribution is 7.84. The lowest BCUT2D eigenvalue weighted by molar-refractivity contribution is -0.382. The lowest BCUT2D eigenvalue weighted by atomic mass is 10.1. The second-order valence-corrected chi connectivity index (χ2v) is 8.25. The molecule has 0 bridgehead atoms. The number of para-hydroxylation sites is 1. The summed E-state index contributed by atoms with van der Waals surface area (Å²) in [6.45, 7) is -1.80. The number of nitrogens with one attached hydrogen (secondary N) is 1. The van der Waals surface area contributed by atoms with Crippen LogP contribution in [-0.2, 0) is 20.5 Å². The third-order valence-corrected chi connectivity index (χ3v) is 5.15. The van der Waals surface area contributed by atoms with Crippen LogP contribution in [0.3, 0.4) is 0 Å². The topological polar surface area (TPSA) is 56.8 Å². The van der Waals surface area contributed by atoms with Gasteiger partial charge in [-0.1, -0.05) is 48.5 Å². The summed E-state index contributed by atoms with van der Waals surface area (Å²) in [6, 6.07) is 18.2. The van der Waals surface area contributed by atoms with E-state index in [1.165, 1.54) is 0 Å². The second kappa shape index (κ2) is 7.68. The molecule has 3 rings (SSSR count). The summed E-state index contributed by atoms with van der Waals surface area (Å²) in [7, 11) is 0. The lowest BCUT2D eigenvalue weighted by Crippen LogP contribution is -2.52. The Morgan fingerprint density at radius 1 is 1.12 bits per heavy atom. The van der Waals surface area contributed by atoms with Crippen molar-refractivity contribution in [3.8, 4) is 5.75 Å². The SMILES string of the molecule is CC1OC(C(Cc2ccccc2)NP(=O)(Cl)Oc2ccccc2)O1. The molecule has 128 valence electrons. The van der Waals surface area contributed by atoms with Gasteiger partial charge in [-0.2, -0.15) is 0 Å². The van der Waals surface area contributed by atoms with Crippen molar-refractivity contribution in [2.75, 3.05) is 0 Å². The van der Waals surface area contributed by atoms with Gasteiger partial charge in [-0.25, -0.2) is 9.65 Å². The fourth-order valence-electron chi connectivity index (χ4n) is 2.49. The first-order valence-corrected chi connectivity index (χ1v) is 10.2. The molecule has 1 aliphatic heterocycles. The monoisotopic (exact) mass is 367 g/mol. The maximum absolute atomic E-state index is 12.6. The van der Waals surface area contributed by atoms with Crippen LogP contribution in [0.25, 0.3) is 0 Å². The first kappa shape index (κ1) is 17.5. The van der Waals surface area contributed by atoms with Gasteiger partial charge < -0.3 is 14.0 Å². The highest BCUT2D eigenvalue weighted by atomic mass is 35.7. The molecule has 24 heavy (non-hydrogen) atoms. The standard InChI is InChI=1S/C17H19ClNO4P/c1-13-21-17(22-13)16(12-14-8-4-2-5-9-14)19-24(18,20)23-15-10-6-3-7-11-15/h2-11,13,16-17H,12H2,1H3,(H,19,20). The van der Waals surface area contributed by atoms with Crippen molar-refractivity contribution >= 4 is 18.1 Å². The van der Waals surface area contributed by atoms with Crippen LogP contribution in [0, 0.1) is 0 Å². The Balaban J connectivity index is 1.69. The average Bonchev–Trinajstić information content (AvgIpc) is 2.52. The highest BCUT2D eigenvalue weighted by Crippen LogP contribution is 2.49. The first-order valence-electron chi connectivity index (χ1n) is 7.69. The number of hydrogen-bond donors (Lipinski definition) is 1. The fourth-order valence-corrected chi connectivity index (χ4v) is 4.16. The minimum absolute atomic E-state index is 0.278. The molecule has 0 radical (unpaired) electrons. The van der Waals surface area contributed by atoms with Crippen LogP contribution >= 0.6 is 18.1 Å². The Morgan fingerprint density at radius 2 is 1.71 bits per heavy atom. The predicted molar refractivity (Wildman–Crippen MR) is 93.0 cm³/mol. The Kier molecular flexibility index (Phi) is 5.59. The van der Waals surface area contributed by atoms with Crippen molar-refractivity contribution in [1.82, 2.24) is 5.09 Å². The summed E-state index contributed by atoms with van der Waals surface area (Å²) >= 11 is 6.10. The van der Waals surface area contributed by atoms with Crippen molar-refractivity contribution in [1.29, 1.82) is 0 Å². The summed E-state index contributed by atoms with van der Waals surface area (Å²) in [5.41, 5.74) is 1.05. The van der Waals surface area contributed by atoms with E-state index in [0.717, 1.165) is 5.56 Å². The van der Waals surface area contributed by atoms with Crippen LogP contribution in [-0.4, -0.2) is 18.6 Å². The number of hydrogen-bond acceptors (Lipinski definition) is 4. The van der Waals surface area contributed by atoms with Crippen molar-refractivity contribution in [2.24, 2.45) is 0 Å². The van der Waals surface area contributed by atoms with Crippen LogP contribution in [0.1, 0.15) is 12.5 Å². The van der Waals surface area contributed by atoms with Crippen LogP contribution < -0.4 is 9.61 Å². The molecule has 1 heterocycles. The van der Waals surface area contributed by atoms with Crippen molar-refractivity contribution in [3.05, 3.63) is 66.2 Å². The van der Waals surface area contributed by atoms with E-state index in [2.05, 4.69) is 5.09 Å². The fraction of sp³-hybridized carbons (Fsp3) is 0.294. The molecular formula is C17H19ClNO4P. The summed E-state index contributed by atoms with van der Waals surface area (Å²) in [4.78, 5) is 0. The van der Waals surface area contributed by atoms with E-state index >= 15 is 0 Å². The molecular weight excluding hydrogens is 349 g/mol. The molecule has 0 aliphatic carbocycles. The van der Waals surface area contributed by atoms with E-state index in [-0.39, 0.29) is 6.29 Å². The van der Waals surface area contributed by atoms with Gasteiger partial charge >= 0.3 is 6.87 Å². The largest absolute Gasteiger partial charge is 0.422 e. The molecule has 2 aromatic carbocycles. The third-order valence-electron chi connectivity index (χ3n) is 3.56. The Hall–Kier alpha value is -1.36. The summed E-state index contributed by atoms with van der Waals surface area (Å²) in [6.07, 6.45) is -0.251. The van der Waals surface area contributed by atoms with Crippen LogP contribution in [0.4, 0.5) is 0 Å². The maximum Gasteiger partial charge on any atom is 0.409 e. The molecule has 2 unspecified atom stereocenters. The van der Waals surface area contributed by atoms with Crippen LogP contribution in [0.15, 0.2) is 60.7 Å². The molecule has 0 spiro atoms. The molecule has 2 atom stereocenters. The van der Waals surface area contributed by atoms with Crippen LogP contribution in [0.5, 0.6) is 5.75 Å². The van der Waals surface area contributed by atoms with Crippen LogP contribution in [0.2, 0.25) is 0 Å². The van der Waals surface area contributed by atoms with Crippen molar-refractivity contribution in [3.63, 3.8) is 0 Å². The molecule has 1 N–H and O–H groups in total. The maximum atomic E-state index is 12.6. The number of ether oxygens (including phenoxy) is 2. The average molecular weight is 368 g/mol.